The topological polar surface area (TPSA) is 113 Å². The first-order chi connectivity index (χ1) is 17.8. The van der Waals surface area contributed by atoms with Gasteiger partial charge < -0.3 is 16.0 Å². The Balaban J connectivity index is 1.65. The van der Waals surface area contributed by atoms with Crippen LogP contribution < -0.4 is 27.2 Å². The minimum Gasteiger partial charge on any atom is -0.383 e. The summed E-state index contributed by atoms with van der Waals surface area (Å²) in [5.74, 6) is -0.330. The van der Waals surface area contributed by atoms with Crippen molar-refractivity contribution in [2.75, 3.05) is 29.0 Å². The maximum Gasteiger partial charge on any atom is 0.330 e. The van der Waals surface area contributed by atoms with E-state index in [2.05, 4.69) is 10.3 Å². The van der Waals surface area contributed by atoms with Crippen LogP contribution in [-0.2, 0) is 11.3 Å². The Morgan fingerprint density at radius 2 is 1.57 bits per heavy atom. The molecule has 0 atom stereocenters. The number of benzene rings is 3. The Kier molecular flexibility index (Phi) is 7.88. The number of aromatic amines is 1. The highest BCUT2D eigenvalue weighted by atomic mass is 16.2. The molecule has 1 amide bonds. The number of anilines is 3. The Labute approximate surface area is 215 Å². The summed E-state index contributed by atoms with van der Waals surface area (Å²) >= 11 is 0. The quantitative estimate of drug-likeness (QED) is 0.324. The van der Waals surface area contributed by atoms with Crippen LogP contribution in [0.1, 0.15) is 19.4 Å². The van der Waals surface area contributed by atoms with Crippen LogP contribution in [-0.4, -0.2) is 28.5 Å². The van der Waals surface area contributed by atoms with Gasteiger partial charge in [-0.25, -0.2) is 4.79 Å². The molecular formula is C29H31N5O3. The van der Waals surface area contributed by atoms with E-state index in [1.54, 1.807) is 0 Å². The Morgan fingerprint density at radius 3 is 2.24 bits per heavy atom. The number of nitrogens with two attached hydrogens (primary N) is 1. The van der Waals surface area contributed by atoms with E-state index in [1.165, 1.54) is 9.47 Å². The third-order valence-electron chi connectivity index (χ3n) is 5.96. The summed E-state index contributed by atoms with van der Waals surface area (Å²) in [5, 5.41) is 3.23. The molecule has 1 heterocycles. The normalized spacial score (nSPS) is 10.9. The van der Waals surface area contributed by atoms with Crippen molar-refractivity contribution in [2.24, 2.45) is 5.92 Å². The summed E-state index contributed by atoms with van der Waals surface area (Å²) in [6.07, 6.45) is 0. The lowest BCUT2D eigenvalue weighted by atomic mass is 10.0. The predicted octanol–water partition coefficient (Wildman–Crippen LogP) is 3.94. The van der Waals surface area contributed by atoms with E-state index in [4.69, 9.17) is 5.73 Å². The number of carbonyl (C=O) groups is 1. The molecule has 0 unspecified atom stereocenters. The zero-order valence-electron chi connectivity index (χ0n) is 21.0. The Hall–Kier alpha value is -4.59. The summed E-state index contributed by atoms with van der Waals surface area (Å²) < 4.78 is 1.28. The molecule has 4 rings (SSSR count). The van der Waals surface area contributed by atoms with Crippen molar-refractivity contribution in [1.82, 2.24) is 9.55 Å². The number of H-pyrrole nitrogens is 1. The lowest BCUT2D eigenvalue weighted by molar-refractivity contribution is -0.117. The highest BCUT2D eigenvalue weighted by Crippen LogP contribution is 2.27. The number of aromatic nitrogens is 2. The molecule has 0 radical (unpaired) electrons. The molecule has 0 aliphatic carbocycles. The van der Waals surface area contributed by atoms with Gasteiger partial charge in [0, 0.05) is 17.8 Å². The largest absolute Gasteiger partial charge is 0.383 e. The van der Waals surface area contributed by atoms with E-state index in [0.29, 0.717) is 0 Å². The molecule has 0 fully saturated rings. The fourth-order valence-electron chi connectivity index (χ4n) is 4.22. The van der Waals surface area contributed by atoms with Crippen molar-refractivity contribution in [3.8, 4) is 11.1 Å². The monoisotopic (exact) mass is 497 g/mol. The minimum atomic E-state index is -0.689. The number of hydrogen-bond acceptors (Lipinski definition) is 5. The molecule has 4 N–H and O–H groups in total. The minimum absolute atomic E-state index is 0.0209. The van der Waals surface area contributed by atoms with Crippen molar-refractivity contribution in [1.29, 1.82) is 0 Å². The third-order valence-corrected chi connectivity index (χ3v) is 5.96. The molecular weight excluding hydrogens is 466 g/mol. The van der Waals surface area contributed by atoms with Crippen LogP contribution in [0.2, 0.25) is 0 Å². The van der Waals surface area contributed by atoms with Crippen LogP contribution in [0, 0.1) is 5.92 Å². The van der Waals surface area contributed by atoms with Crippen LogP contribution >= 0.6 is 0 Å². The van der Waals surface area contributed by atoms with E-state index < -0.39 is 11.2 Å². The van der Waals surface area contributed by atoms with Gasteiger partial charge in [0.1, 0.15) is 5.82 Å². The molecule has 1 aromatic heterocycles. The van der Waals surface area contributed by atoms with Gasteiger partial charge in [0.25, 0.3) is 5.56 Å². The van der Waals surface area contributed by atoms with Crippen molar-refractivity contribution in [3.05, 3.63) is 111 Å². The molecule has 0 aliphatic rings. The first-order valence-corrected chi connectivity index (χ1v) is 12.2. The van der Waals surface area contributed by atoms with E-state index in [1.807, 2.05) is 98.8 Å². The van der Waals surface area contributed by atoms with Gasteiger partial charge in [0.2, 0.25) is 5.91 Å². The second-order valence-electron chi connectivity index (χ2n) is 9.23. The lowest BCUT2D eigenvalue weighted by Gasteiger charge is -2.26. The zero-order valence-corrected chi connectivity index (χ0v) is 21.0. The van der Waals surface area contributed by atoms with Crippen LogP contribution in [0.4, 0.5) is 17.2 Å². The number of nitrogen functional groups attached to an aromatic ring is 1. The second-order valence-corrected chi connectivity index (χ2v) is 9.23. The average Bonchev–Trinajstić information content (AvgIpc) is 2.90. The molecule has 0 saturated heterocycles. The number of rotatable bonds is 9. The molecule has 190 valence electrons. The highest BCUT2D eigenvalue weighted by Gasteiger charge is 2.25. The van der Waals surface area contributed by atoms with Crippen molar-refractivity contribution in [2.45, 2.75) is 20.4 Å². The highest BCUT2D eigenvalue weighted by molar-refractivity contribution is 5.98. The van der Waals surface area contributed by atoms with Gasteiger partial charge in [-0.3, -0.25) is 19.1 Å². The molecule has 0 aliphatic heterocycles. The second kappa shape index (κ2) is 11.4. The molecule has 0 saturated carbocycles. The first kappa shape index (κ1) is 25.5. The first-order valence-electron chi connectivity index (χ1n) is 12.2. The number of nitrogens with zero attached hydrogens (tertiary/aromatic N) is 2. The number of carbonyl (C=O) groups excluding carboxylic acids is 1. The number of para-hydroxylation sites is 1. The summed E-state index contributed by atoms with van der Waals surface area (Å²) in [5.41, 5.74) is 8.66. The Bertz CT molecular complexity index is 1480. The molecule has 0 spiro atoms. The van der Waals surface area contributed by atoms with E-state index in [9.17, 15) is 14.4 Å². The molecule has 8 heteroatoms. The Morgan fingerprint density at radius 1 is 0.946 bits per heavy atom. The van der Waals surface area contributed by atoms with Gasteiger partial charge in [0.15, 0.2) is 5.69 Å². The SMILES string of the molecule is CC(C)CN(C(=O)CNc1ccccc1-c1ccccc1)c1c(N)n(Cc2ccccc2)c(=O)[nH]c1=O. The van der Waals surface area contributed by atoms with Crippen LogP contribution in [0.15, 0.2) is 94.5 Å². The standard InChI is InChI=1S/C29H31N5O3/c1-20(2)18-33(25(35)17-31-24-16-10-9-15-23(24)22-13-7-4-8-14-22)26-27(30)34(29(37)32-28(26)36)19-21-11-5-3-6-12-21/h3-16,20,31H,17-19,30H2,1-2H3,(H,32,36,37). The summed E-state index contributed by atoms with van der Waals surface area (Å²) in [7, 11) is 0. The summed E-state index contributed by atoms with van der Waals surface area (Å²) in [6.45, 7) is 4.26. The van der Waals surface area contributed by atoms with Crippen molar-refractivity contribution < 1.29 is 4.79 Å². The summed E-state index contributed by atoms with van der Waals surface area (Å²) in [4.78, 5) is 42.8. The van der Waals surface area contributed by atoms with E-state index in [0.717, 1.165) is 22.4 Å². The number of nitrogens with one attached hydrogen (secondary N) is 2. The predicted molar refractivity (Wildman–Crippen MR) is 149 cm³/mol. The lowest BCUT2D eigenvalue weighted by Crippen LogP contribution is -2.44. The van der Waals surface area contributed by atoms with Gasteiger partial charge in [0.05, 0.1) is 13.1 Å². The molecule has 3 aromatic carbocycles. The zero-order chi connectivity index (χ0) is 26.4. The van der Waals surface area contributed by atoms with Gasteiger partial charge in [-0.1, -0.05) is 92.7 Å². The van der Waals surface area contributed by atoms with Gasteiger partial charge in [-0.2, -0.15) is 0 Å². The van der Waals surface area contributed by atoms with Crippen molar-refractivity contribution >= 4 is 23.1 Å². The van der Waals surface area contributed by atoms with Gasteiger partial charge >= 0.3 is 5.69 Å². The molecule has 8 nitrogen and oxygen atoms in total. The number of hydrogen-bond donors (Lipinski definition) is 3. The van der Waals surface area contributed by atoms with Gasteiger partial charge in [-0.05, 0) is 23.1 Å². The van der Waals surface area contributed by atoms with E-state index >= 15 is 0 Å². The van der Waals surface area contributed by atoms with Crippen LogP contribution in [0.5, 0.6) is 0 Å². The molecule has 37 heavy (non-hydrogen) atoms. The fourth-order valence-corrected chi connectivity index (χ4v) is 4.22. The molecule has 4 aromatic rings. The fraction of sp³-hybridized carbons (Fsp3) is 0.207. The maximum atomic E-state index is 13.5. The third kappa shape index (κ3) is 5.98. The number of amides is 1. The maximum absolute atomic E-state index is 13.5. The van der Waals surface area contributed by atoms with Crippen LogP contribution in [0.3, 0.4) is 0 Å². The van der Waals surface area contributed by atoms with Crippen LogP contribution in [0.25, 0.3) is 11.1 Å². The smallest absolute Gasteiger partial charge is 0.330 e. The van der Waals surface area contributed by atoms with Gasteiger partial charge in [-0.15, -0.1) is 0 Å². The van der Waals surface area contributed by atoms with Crippen molar-refractivity contribution in [3.63, 3.8) is 0 Å². The summed E-state index contributed by atoms with van der Waals surface area (Å²) in [6, 6.07) is 26.9. The average molecular weight is 498 g/mol. The molecule has 0 bridgehead atoms. The van der Waals surface area contributed by atoms with E-state index in [-0.39, 0.29) is 43.0 Å².